The minimum Gasteiger partial charge on any atom is -0.354 e. The molecule has 0 atom stereocenters. The third-order valence-corrected chi connectivity index (χ3v) is 4.99. The molecular formula is C21H28N4O. The van der Waals surface area contributed by atoms with Crippen molar-refractivity contribution in [1.82, 2.24) is 9.88 Å². The summed E-state index contributed by atoms with van der Waals surface area (Å²) in [6.07, 6.45) is 1.67. The van der Waals surface area contributed by atoms with Gasteiger partial charge < -0.3 is 15.1 Å². The number of likely N-dealkylation sites (N-methyl/N-ethyl adjacent to an activating group) is 1. The number of hydrogen-bond donors (Lipinski definition) is 1. The quantitative estimate of drug-likeness (QED) is 0.893. The molecule has 1 aromatic heterocycles. The van der Waals surface area contributed by atoms with Gasteiger partial charge in [-0.2, -0.15) is 0 Å². The number of rotatable bonds is 5. The lowest BCUT2D eigenvalue weighted by molar-refractivity contribution is 0.102. The number of anilines is 2. The predicted octanol–water partition coefficient (Wildman–Crippen LogP) is 3.60. The topological polar surface area (TPSA) is 48.5 Å². The Bertz CT molecular complexity index is 717. The molecule has 5 heteroatoms. The van der Waals surface area contributed by atoms with Gasteiger partial charge in [-0.15, -0.1) is 0 Å². The summed E-state index contributed by atoms with van der Waals surface area (Å²) < 4.78 is 0. The average molecular weight is 352 g/mol. The highest BCUT2D eigenvalue weighted by molar-refractivity contribution is 6.04. The van der Waals surface area contributed by atoms with Crippen LogP contribution in [0.5, 0.6) is 0 Å². The van der Waals surface area contributed by atoms with E-state index >= 15 is 0 Å². The highest BCUT2D eigenvalue weighted by Gasteiger charge is 2.17. The van der Waals surface area contributed by atoms with Crippen LogP contribution < -0.4 is 10.2 Å². The van der Waals surface area contributed by atoms with Gasteiger partial charge in [0.1, 0.15) is 5.82 Å². The summed E-state index contributed by atoms with van der Waals surface area (Å²) in [5.41, 5.74) is 2.64. The third kappa shape index (κ3) is 4.41. The highest BCUT2D eigenvalue weighted by Crippen LogP contribution is 2.18. The fourth-order valence-corrected chi connectivity index (χ4v) is 3.16. The molecule has 0 unspecified atom stereocenters. The Morgan fingerprint density at radius 1 is 1.08 bits per heavy atom. The molecule has 1 N–H and O–H groups in total. The van der Waals surface area contributed by atoms with Gasteiger partial charge in [0.2, 0.25) is 0 Å². The second-order valence-electron chi connectivity index (χ2n) is 7.06. The maximum absolute atomic E-state index is 12.4. The van der Waals surface area contributed by atoms with Crippen molar-refractivity contribution in [2.24, 2.45) is 0 Å². The van der Waals surface area contributed by atoms with Crippen LogP contribution in [0.3, 0.4) is 0 Å². The van der Waals surface area contributed by atoms with Gasteiger partial charge in [-0.3, -0.25) is 4.79 Å². The molecule has 1 aliphatic rings. The predicted molar refractivity (Wildman–Crippen MR) is 107 cm³/mol. The van der Waals surface area contributed by atoms with Crippen molar-refractivity contribution in [2.45, 2.75) is 26.7 Å². The summed E-state index contributed by atoms with van der Waals surface area (Å²) in [4.78, 5) is 21.6. The van der Waals surface area contributed by atoms with Crippen LogP contribution in [-0.4, -0.2) is 48.5 Å². The van der Waals surface area contributed by atoms with Gasteiger partial charge in [0.25, 0.3) is 5.91 Å². The van der Waals surface area contributed by atoms with Crippen molar-refractivity contribution in [3.05, 3.63) is 53.7 Å². The van der Waals surface area contributed by atoms with Crippen LogP contribution in [0, 0.1) is 0 Å². The largest absolute Gasteiger partial charge is 0.354 e. The van der Waals surface area contributed by atoms with Crippen molar-refractivity contribution >= 4 is 17.4 Å². The van der Waals surface area contributed by atoms with E-state index in [1.54, 1.807) is 6.20 Å². The number of piperazine rings is 1. The zero-order valence-electron chi connectivity index (χ0n) is 15.9. The number of nitrogens with zero attached hydrogens (tertiary/aromatic N) is 3. The van der Waals surface area contributed by atoms with E-state index in [0.717, 1.165) is 44.2 Å². The van der Waals surface area contributed by atoms with E-state index in [1.165, 1.54) is 5.56 Å². The van der Waals surface area contributed by atoms with Crippen molar-refractivity contribution in [2.75, 3.05) is 42.9 Å². The molecule has 5 nitrogen and oxygen atoms in total. The summed E-state index contributed by atoms with van der Waals surface area (Å²) in [5, 5.41) is 2.94. The summed E-state index contributed by atoms with van der Waals surface area (Å²) >= 11 is 0. The Hall–Kier alpha value is -2.40. The maximum atomic E-state index is 12.4. The Labute approximate surface area is 156 Å². The molecule has 1 aliphatic heterocycles. The third-order valence-electron chi connectivity index (χ3n) is 4.99. The lowest BCUT2D eigenvalue weighted by Gasteiger charge is -2.34. The number of nitrogens with one attached hydrogen (secondary N) is 1. The summed E-state index contributed by atoms with van der Waals surface area (Å²) in [6, 6.07) is 11.8. The first-order valence-corrected chi connectivity index (χ1v) is 9.41. The van der Waals surface area contributed by atoms with Gasteiger partial charge in [-0.05, 0) is 42.3 Å². The number of aromatic nitrogens is 1. The molecule has 0 radical (unpaired) electrons. The highest BCUT2D eigenvalue weighted by atomic mass is 16.1. The number of carbonyl (C=O) groups is 1. The van der Waals surface area contributed by atoms with E-state index in [1.807, 2.05) is 24.3 Å². The first-order valence-electron chi connectivity index (χ1n) is 9.41. The normalized spacial score (nSPS) is 15.3. The first-order chi connectivity index (χ1) is 12.6. The Balaban J connectivity index is 1.60. The average Bonchev–Trinajstić information content (AvgIpc) is 2.68. The van der Waals surface area contributed by atoms with Crippen LogP contribution in [0.15, 0.2) is 42.6 Å². The summed E-state index contributed by atoms with van der Waals surface area (Å²) in [5.74, 6) is 1.30. The van der Waals surface area contributed by atoms with E-state index in [0.29, 0.717) is 11.5 Å². The zero-order chi connectivity index (χ0) is 18.5. The molecule has 2 heterocycles. The van der Waals surface area contributed by atoms with Gasteiger partial charge in [0.05, 0.1) is 5.56 Å². The smallest absolute Gasteiger partial charge is 0.257 e. The molecule has 0 aliphatic carbocycles. The molecule has 1 amide bonds. The number of carbonyl (C=O) groups excluding carboxylic acids is 1. The fraction of sp³-hybridized carbons (Fsp3) is 0.429. The van der Waals surface area contributed by atoms with Crippen molar-refractivity contribution < 1.29 is 4.79 Å². The molecule has 0 bridgehead atoms. The van der Waals surface area contributed by atoms with Crippen molar-refractivity contribution in [3.63, 3.8) is 0 Å². The summed E-state index contributed by atoms with van der Waals surface area (Å²) in [6.45, 7) is 11.7. The maximum Gasteiger partial charge on any atom is 0.257 e. The van der Waals surface area contributed by atoms with Crippen LogP contribution in [0.2, 0.25) is 0 Å². The van der Waals surface area contributed by atoms with Gasteiger partial charge in [0, 0.05) is 38.1 Å². The first kappa shape index (κ1) is 18.4. The Kier molecular flexibility index (Phi) is 5.89. The van der Waals surface area contributed by atoms with Crippen molar-refractivity contribution in [3.8, 4) is 0 Å². The molecule has 3 rings (SSSR count). The number of benzene rings is 1. The minimum absolute atomic E-state index is 0.128. The molecule has 1 fully saturated rings. The SMILES string of the molecule is CCN1CCN(c2ccc(C(=O)Nc3ccc(C(C)C)cc3)cn2)CC1. The minimum atomic E-state index is -0.128. The van der Waals surface area contributed by atoms with E-state index in [4.69, 9.17) is 0 Å². The van der Waals surface area contributed by atoms with E-state index < -0.39 is 0 Å². The van der Waals surface area contributed by atoms with Crippen LogP contribution in [0.25, 0.3) is 0 Å². The van der Waals surface area contributed by atoms with Crippen LogP contribution in [0.1, 0.15) is 42.6 Å². The van der Waals surface area contributed by atoms with Gasteiger partial charge in [-0.1, -0.05) is 32.9 Å². The number of hydrogen-bond acceptors (Lipinski definition) is 4. The Morgan fingerprint density at radius 2 is 1.77 bits per heavy atom. The lowest BCUT2D eigenvalue weighted by atomic mass is 10.0. The standard InChI is InChI=1S/C21H28N4O/c1-4-24-11-13-25(14-12-24)20-10-7-18(15-22-20)21(26)23-19-8-5-17(6-9-19)16(2)3/h5-10,15-16H,4,11-14H2,1-3H3,(H,23,26). The Morgan fingerprint density at radius 3 is 2.31 bits per heavy atom. The van der Waals surface area contributed by atoms with E-state index in [-0.39, 0.29) is 5.91 Å². The van der Waals surface area contributed by atoms with E-state index in [9.17, 15) is 4.79 Å². The zero-order valence-corrected chi connectivity index (χ0v) is 15.9. The molecule has 26 heavy (non-hydrogen) atoms. The monoisotopic (exact) mass is 352 g/mol. The molecule has 0 spiro atoms. The molecule has 138 valence electrons. The lowest BCUT2D eigenvalue weighted by Crippen LogP contribution is -2.46. The van der Waals surface area contributed by atoms with Gasteiger partial charge in [0.15, 0.2) is 0 Å². The molecular weight excluding hydrogens is 324 g/mol. The second-order valence-corrected chi connectivity index (χ2v) is 7.06. The van der Waals surface area contributed by atoms with Crippen LogP contribution in [0.4, 0.5) is 11.5 Å². The summed E-state index contributed by atoms with van der Waals surface area (Å²) in [7, 11) is 0. The van der Waals surface area contributed by atoms with Crippen LogP contribution in [-0.2, 0) is 0 Å². The van der Waals surface area contributed by atoms with E-state index in [2.05, 4.69) is 53.0 Å². The fourth-order valence-electron chi connectivity index (χ4n) is 3.16. The van der Waals surface area contributed by atoms with Crippen LogP contribution >= 0.6 is 0 Å². The van der Waals surface area contributed by atoms with Crippen molar-refractivity contribution in [1.29, 1.82) is 0 Å². The molecule has 2 aromatic rings. The molecule has 1 aromatic carbocycles. The number of pyridine rings is 1. The van der Waals surface area contributed by atoms with Gasteiger partial charge >= 0.3 is 0 Å². The number of amides is 1. The molecule has 1 saturated heterocycles. The second kappa shape index (κ2) is 8.32. The van der Waals surface area contributed by atoms with Gasteiger partial charge in [-0.25, -0.2) is 4.98 Å². The molecule has 0 saturated carbocycles.